The molecule has 0 radical (unpaired) electrons. The second-order valence-electron chi connectivity index (χ2n) is 6.28. The van der Waals surface area contributed by atoms with Crippen LogP contribution in [0, 0.1) is 6.92 Å². The van der Waals surface area contributed by atoms with Crippen molar-refractivity contribution in [3.05, 3.63) is 29.8 Å². The number of rotatable bonds is 4. The quantitative estimate of drug-likeness (QED) is 0.856. The zero-order chi connectivity index (χ0) is 14.5. The van der Waals surface area contributed by atoms with Crippen LogP contribution in [0.15, 0.2) is 29.2 Å². The minimum absolute atomic E-state index is 0.111. The average molecular weight is 295 g/mol. The molecule has 2 saturated heterocycles. The van der Waals surface area contributed by atoms with Gasteiger partial charge in [-0.3, -0.25) is 0 Å². The third-order valence-electron chi connectivity index (χ3n) is 4.18. The largest absolute Gasteiger partial charge is 0.371 e. The maximum Gasteiger partial charge on any atom is 0.243 e. The summed E-state index contributed by atoms with van der Waals surface area (Å²) in [6.07, 6.45) is 1.80. The number of aryl methyl sites for hydroxylation is 1. The van der Waals surface area contributed by atoms with Crippen LogP contribution in [0.2, 0.25) is 0 Å². The molecule has 3 aliphatic rings. The van der Waals surface area contributed by atoms with Gasteiger partial charge in [0.1, 0.15) is 0 Å². The number of sulfonamides is 1. The lowest BCUT2D eigenvalue weighted by Crippen LogP contribution is -2.44. The minimum Gasteiger partial charge on any atom is -0.371 e. The zero-order valence-corrected chi connectivity index (χ0v) is 13.0. The Kier molecular flexibility index (Phi) is 3.19. The van der Waals surface area contributed by atoms with Gasteiger partial charge in [-0.15, -0.1) is 0 Å². The molecule has 0 atom stereocenters. The third kappa shape index (κ3) is 2.18. The van der Waals surface area contributed by atoms with Gasteiger partial charge < -0.3 is 4.74 Å². The van der Waals surface area contributed by atoms with Gasteiger partial charge in [0.05, 0.1) is 16.6 Å². The smallest absolute Gasteiger partial charge is 0.243 e. The summed E-state index contributed by atoms with van der Waals surface area (Å²) >= 11 is 0. The monoisotopic (exact) mass is 295 g/mol. The fourth-order valence-electron chi connectivity index (χ4n) is 3.31. The molecule has 0 unspecified atom stereocenters. The van der Waals surface area contributed by atoms with Crippen molar-refractivity contribution in [1.29, 1.82) is 0 Å². The highest BCUT2D eigenvalue weighted by Gasteiger charge is 2.60. The molecule has 1 aromatic carbocycles. The van der Waals surface area contributed by atoms with E-state index >= 15 is 0 Å². The van der Waals surface area contributed by atoms with Crippen LogP contribution in [-0.4, -0.2) is 37.0 Å². The Morgan fingerprint density at radius 3 is 2.40 bits per heavy atom. The maximum atomic E-state index is 12.7. The number of nitrogens with zero attached hydrogens (tertiary/aromatic N) is 1. The van der Waals surface area contributed by atoms with Crippen LogP contribution in [0.1, 0.15) is 32.3 Å². The molecule has 1 aliphatic carbocycles. The van der Waals surface area contributed by atoms with Crippen LogP contribution in [0.3, 0.4) is 0 Å². The van der Waals surface area contributed by atoms with Crippen molar-refractivity contribution in [1.82, 2.24) is 4.31 Å². The molecular formula is C15H21NO3S. The number of ether oxygens (including phenoxy) is 1. The summed E-state index contributed by atoms with van der Waals surface area (Å²) in [5.74, 6) is 0. The number of benzene rings is 1. The van der Waals surface area contributed by atoms with E-state index in [1.54, 1.807) is 16.4 Å². The molecule has 110 valence electrons. The van der Waals surface area contributed by atoms with Gasteiger partial charge in [-0.05, 0) is 45.7 Å². The molecule has 1 saturated carbocycles. The van der Waals surface area contributed by atoms with Crippen LogP contribution < -0.4 is 0 Å². The number of fused-ring (bicyclic) bond motifs is 1. The topological polar surface area (TPSA) is 46.6 Å². The summed E-state index contributed by atoms with van der Waals surface area (Å²) in [5, 5.41) is 0. The van der Waals surface area contributed by atoms with Gasteiger partial charge in [0.25, 0.3) is 0 Å². The molecule has 4 rings (SSSR count). The zero-order valence-electron chi connectivity index (χ0n) is 12.2. The molecule has 0 spiro atoms. The molecule has 0 amide bonds. The summed E-state index contributed by atoms with van der Waals surface area (Å²) in [6.45, 7) is 6.44. The highest BCUT2D eigenvalue weighted by molar-refractivity contribution is 7.89. The lowest BCUT2D eigenvalue weighted by atomic mass is 9.81. The second kappa shape index (κ2) is 4.55. The normalized spacial score (nSPS) is 29.7. The fraction of sp³-hybridized carbons (Fsp3) is 0.600. The fourth-order valence-corrected chi connectivity index (χ4v) is 5.00. The first-order valence-electron chi connectivity index (χ1n) is 7.09. The summed E-state index contributed by atoms with van der Waals surface area (Å²) < 4.78 is 32.9. The SMILES string of the molecule is Cc1ccc(S(=O)(=O)N2CC3(OC(C)C)CC2C3)cc1. The van der Waals surface area contributed by atoms with Crippen molar-refractivity contribution in [2.45, 2.75) is 56.3 Å². The Morgan fingerprint density at radius 1 is 1.25 bits per heavy atom. The Bertz CT molecular complexity index is 601. The molecule has 2 heterocycles. The number of hydrogen-bond donors (Lipinski definition) is 0. The van der Waals surface area contributed by atoms with Crippen molar-refractivity contribution in [3.63, 3.8) is 0 Å². The van der Waals surface area contributed by atoms with Gasteiger partial charge >= 0.3 is 0 Å². The predicted molar refractivity (Wildman–Crippen MR) is 77.0 cm³/mol. The van der Waals surface area contributed by atoms with E-state index in [9.17, 15) is 8.42 Å². The van der Waals surface area contributed by atoms with Crippen LogP contribution >= 0.6 is 0 Å². The lowest BCUT2D eigenvalue weighted by Gasteiger charge is -2.38. The first-order valence-corrected chi connectivity index (χ1v) is 8.53. The van der Waals surface area contributed by atoms with Crippen molar-refractivity contribution < 1.29 is 13.2 Å². The van der Waals surface area contributed by atoms with E-state index in [-0.39, 0.29) is 17.7 Å². The molecule has 0 N–H and O–H groups in total. The van der Waals surface area contributed by atoms with E-state index < -0.39 is 10.0 Å². The van der Waals surface area contributed by atoms with Crippen molar-refractivity contribution in [3.8, 4) is 0 Å². The van der Waals surface area contributed by atoms with Crippen LogP contribution in [0.4, 0.5) is 0 Å². The van der Waals surface area contributed by atoms with E-state index in [0.29, 0.717) is 11.4 Å². The molecule has 3 fully saturated rings. The van der Waals surface area contributed by atoms with Crippen molar-refractivity contribution in [2.75, 3.05) is 6.54 Å². The van der Waals surface area contributed by atoms with Gasteiger partial charge in [0, 0.05) is 12.6 Å². The van der Waals surface area contributed by atoms with Crippen molar-refractivity contribution in [2.24, 2.45) is 0 Å². The second-order valence-corrected chi connectivity index (χ2v) is 8.17. The van der Waals surface area contributed by atoms with Crippen LogP contribution in [0.25, 0.3) is 0 Å². The molecule has 4 nitrogen and oxygen atoms in total. The highest BCUT2D eigenvalue weighted by Crippen LogP contribution is 2.49. The molecule has 0 aromatic heterocycles. The standard InChI is InChI=1S/C15H21NO3S/c1-11(2)19-15-8-13(9-15)16(10-15)20(17,18)14-6-4-12(3)5-7-14/h4-7,11,13H,8-10H2,1-3H3. The first kappa shape index (κ1) is 14.0. The average Bonchev–Trinajstić information content (AvgIpc) is 2.84. The molecule has 20 heavy (non-hydrogen) atoms. The summed E-state index contributed by atoms with van der Waals surface area (Å²) in [6, 6.07) is 7.17. The van der Waals surface area contributed by atoms with Crippen LogP contribution in [0.5, 0.6) is 0 Å². The summed E-state index contributed by atoms with van der Waals surface area (Å²) in [4.78, 5) is 0.385. The molecular weight excluding hydrogens is 274 g/mol. The predicted octanol–water partition coefficient (Wildman–Crippen LogP) is 2.33. The Hall–Kier alpha value is -0.910. The highest BCUT2D eigenvalue weighted by atomic mass is 32.2. The van der Waals surface area contributed by atoms with E-state index in [1.165, 1.54) is 0 Å². The Balaban J connectivity index is 1.83. The molecule has 1 aromatic rings. The summed E-state index contributed by atoms with van der Waals surface area (Å²) in [7, 11) is -3.38. The Morgan fingerprint density at radius 2 is 1.85 bits per heavy atom. The van der Waals surface area contributed by atoms with E-state index in [4.69, 9.17) is 4.74 Å². The lowest BCUT2D eigenvalue weighted by molar-refractivity contribution is -0.0992. The van der Waals surface area contributed by atoms with Gasteiger partial charge in [-0.25, -0.2) is 8.42 Å². The van der Waals surface area contributed by atoms with Crippen LogP contribution in [-0.2, 0) is 14.8 Å². The molecule has 2 aliphatic heterocycles. The van der Waals surface area contributed by atoms with Gasteiger partial charge in [-0.1, -0.05) is 17.7 Å². The van der Waals surface area contributed by atoms with E-state index in [1.807, 2.05) is 32.9 Å². The first-order chi connectivity index (χ1) is 9.32. The number of hydrogen-bond acceptors (Lipinski definition) is 3. The van der Waals surface area contributed by atoms with Gasteiger partial charge in [0.2, 0.25) is 10.0 Å². The van der Waals surface area contributed by atoms with Crippen molar-refractivity contribution >= 4 is 10.0 Å². The van der Waals surface area contributed by atoms with E-state index in [2.05, 4.69) is 0 Å². The Labute approximate surface area is 120 Å². The maximum absolute atomic E-state index is 12.7. The molecule has 5 heteroatoms. The van der Waals surface area contributed by atoms with Gasteiger partial charge in [0.15, 0.2) is 0 Å². The summed E-state index contributed by atoms with van der Waals surface area (Å²) in [5.41, 5.74) is 0.825. The molecule has 2 bridgehead atoms. The third-order valence-corrected chi connectivity index (χ3v) is 6.09. The van der Waals surface area contributed by atoms with E-state index in [0.717, 1.165) is 18.4 Å². The minimum atomic E-state index is -3.38. The van der Waals surface area contributed by atoms with Gasteiger partial charge in [-0.2, -0.15) is 4.31 Å².